The summed E-state index contributed by atoms with van der Waals surface area (Å²) in [5, 5.41) is 6.27. The highest BCUT2D eigenvalue weighted by Crippen LogP contribution is 2.31. The summed E-state index contributed by atoms with van der Waals surface area (Å²) in [5.41, 5.74) is 3.35. The average molecular weight is 469 g/mol. The Kier molecular flexibility index (Phi) is 6.34. The quantitative estimate of drug-likeness (QED) is 0.380. The lowest BCUT2D eigenvalue weighted by atomic mass is 9.92. The second-order valence-corrected chi connectivity index (χ2v) is 8.98. The minimum atomic E-state index is -0.953. The summed E-state index contributed by atoms with van der Waals surface area (Å²) in [5.74, 6) is -1.05. The molecule has 2 amide bonds. The Hall–Kier alpha value is -3.10. The lowest BCUT2D eigenvalue weighted by molar-refractivity contribution is -0.123. The van der Waals surface area contributed by atoms with Gasteiger partial charge in [-0.05, 0) is 42.7 Å². The maximum absolute atomic E-state index is 12.9. The molecular formula is C23H21ClN4O3S. The van der Waals surface area contributed by atoms with Crippen molar-refractivity contribution in [2.24, 2.45) is 0 Å². The first-order chi connectivity index (χ1) is 15.3. The number of aromatic nitrogens is 2. The number of anilines is 2. The van der Waals surface area contributed by atoms with Gasteiger partial charge < -0.3 is 15.6 Å². The Morgan fingerprint density at radius 1 is 1.19 bits per heavy atom. The number of nitrogens with zero attached hydrogens (tertiary/aromatic N) is 1. The fourth-order valence-corrected chi connectivity index (χ4v) is 4.58. The molecule has 1 aliphatic rings. The van der Waals surface area contributed by atoms with Gasteiger partial charge in [-0.15, -0.1) is 0 Å². The Labute approximate surface area is 194 Å². The number of nitrogens with one attached hydrogen (secondary N) is 3. The van der Waals surface area contributed by atoms with Crippen LogP contribution in [0.2, 0.25) is 5.02 Å². The number of fused-ring (bicyclic) bond motifs is 1. The van der Waals surface area contributed by atoms with E-state index in [2.05, 4.69) is 20.6 Å². The number of aryl methyl sites for hydroxylation is 2. The molecular weight excluding hydrogens is 448 g/mol. The largest absolute Gasteiger partial charge is 0.325 e. The maximum Gasteiger partial charge on any atom is 0.257 e. The van der Waals surface area contributed by atoms with Gasteiger partial charge in [0, 0.05) is 22.9 Å². The van der Waals surface area contributed by atoms with Crippen molar-refractivity contribution in [3.05, 3.63) is 80.1 Å². The third-order valence-electron chi connectivity index (χ3n) is 5.31. The van der Waals surface area contributed by atoms with Gasteiger partial charge in [0.25, 0.3) is 5.56 Å². The van der Waals surface area contributed by atoms with Crippen LogP contribution in [0.5, 0.6) is 0 Å². The normalized spacial score (nSPS) is 15.1. The van der Waals surface area contributed by atoms with Gasteiger partial charge in [-0.1, -0.05) is 53.7 Å². The fourth-order valence-electron chi connectivity index (χ4n) is 3.46. The number of rotatable bonds is 5. The number of benzene rings is 2. The first kappa shape index (κ1) is 22.1. The molecule has 4 rings (SSSR count). The van der Waals surface area contributed by atoms with E-state index in [0.717, 1.165) is 16.7 Å². The van der Waals surface area contributed by atoms with Crippen molar-refractivity contribution in [2.45, 2.75) is 37.1 Å². The predicted octanol–water partition coefficient (Wildman–Crippen LogP) is 4.40. The fraction of sp³-hybridized carbons (Fsp3) is 0.217. The van der Waals surface area contributed by atoms with Crippen LogP contribution in [-0.4, -0.2) is 21.8 Å². The number of hydrogen-bond donors (Lipinski definition) is 3. The van der Waals surface area contributed by atoms with E-state index in [0.29, 0.717) is 21.6 Å². The van der Waals surface area contributed by atoms with Gasteiger partial charge in [0.05, 0.1) is 11.5 Å². The number of hydrogen-bond acceptors (Lipinski definition) is 5. The Morgan fingerprint density at radius 3 is 2.72 bits per heavy atom. The summed E-state index contributed by atoms with van der Waals surface area (Å²) in [7, 11) is 0. The molecule has 7 nitrogen and oxygen atoms in total. The van der Waals surface area contributed by atoms with Crippen LogP contribution in [0.3, 0.4) is 0 Å². The van der Waals surface area contributed by atoms with Gasteiger partial charge >= 0.3 is 0 Å². The van der Waals surface area contributed by atoms with E-state index in [-0.39, 0.29) is 23.7 Å². The van der Waals surface area contributed by atoms with Crippen LogP contribution in [-0.2, 0) is 15.3 Å². The molecule has 0 fully saturated rings. The zero-order valence-electron chi connectivity index (χ0n) is 17.5. The second kappa shape index (κ2) is 9.18. The molecule has 164 valence electrons. The standard InChI is InChI=1S/C23H21ClN4O3S/c1-12-5-3-4-6-14(12)11-32-23-27-20-19(22(31)28-23)16(10-18(29)26-20)21(30)25-15-8-7-13(2)17(24)9-15/h3-9,16H,10-11H2,1-2H3,(H,25,30)(H2,26,27,28,29,31). The summed E-state index contributed by atoms with van der Waals surface area (Å²) in [4.78, 5) is 45.2. The van der Waals surface area contributed by atoms with Crippen molar-refractivity contribution in [3.8, 4) is 0 Å². The highest BCUT2D eigenvalue weighted by atomic mass is 35.5. The molecule has 2 aromatic carbocycles. The molecule has 3 aromatic rings. The van der Waals surface area contributed by atoms with Crippen LogP contribution in [0.4, 0.5) is 11.5 Å². The Bertz CT molecular complexity index is 1270. The van der Waals surface area contributed by atoms with Crippen molar-refractivity contribution in [2.75, 3.05) is 10.6 Å². The minimum absolute atomic E-state index is 0.124. The van der Waals surface area contributed by atoms with Gasteiger partial charge in [0.15, 0.2) is 5.16 Å². The smallest absolute Gasteiger partial charge is 0.257 e. The van der Waals surface area contributed by atoms with Crippen molar-refractivity contribution in [1.29, 1.82) is 0 Å². The molecule has 32 heavy (non-hydrogen) atoms. The van der Waals surface area contributed by atoms with Crippen LogP contribution in [0.1, 0.15) is 34.6 Å². The van der Waals surface area contributed by atoms with Crippen molar-refractivity contribution in [3.63, 3.8) is 0 Å². The third kappa shape index (κ3) is 4.71. The van der Waals surface area contributed by atoms with Gasteiger partial charge in [0.1, 0.15) is 5.82 Å². The van der Waals surface area contributed by atoms with E-state index in [9.17, 15) is 14.4 Å². The van der Waals surface area contributed by atoms with E-state index < -0.39 is 17.4 Å². The zero-order valence-corrected chi connectivity index (χ0v) is 19.1. The molecule has 0 aliphatic carbocycles. The highest BCUT2D eigenvalue weighted by Gasteiger charge is 2.34. The molecule has 1 aromatic heterocycles. The third-order valence-corrected chi connectivity index (χ3v) is 6.64. The van der Waals surface area contributed by atoms with E-state index >= 15 is 0 Å². The van der Waals surface area contributed by atoms with Gasteiger partial charge in [-0.2, -0.15) is 0 Å². The number of halogens is 1. The highest BCUT2D eigenvalue weighted by molar-refractivity contribution is 7.98. The summed E-state index contributed by atoms with van der Waals surface area (Å²) >= 11 is 7.49. The van der Waals surface area contributed by atoms with Crippen LogP contribution < -0.4 is 16.2 Å². The first-order valence-corrected chi connectivity index (χ1v) is 11.4. The monoisotopic (exact) mass is 468 g/mol. The van der Waals surface area contributed by atoms with Crippen LogP contribution in [0.15, 0.2) is 52.4 Å². The average Bonchev–Trinajstić information content (AvgIpc) is 2.75. The lowest BCUT2D eigenvalue weighted by Crippen LogP contribution is -2.36. The molecule has 0 bridgehead atoms. The van der Waals surface area contributed by atoms with E-state index in [1.165, 1.54) is 11.8 Å². The van der Waals surface area contributed by atoms with Crippen LogP contribution >= 0.6 is 23.4 Å². The van der Waals surface area contributed by atoms with Crippen LogP contribution in [0.25, 0.3) is 0 Å². The molecule has 0 spiro atoms. The zero-order chi connectivity index (χ0) is 22.8. The van der Waals surface area contributed by atoms with Gasteiger partial charge in [-0.3, -0.25) is 14.4 Å². The number of amides is 2. The SMILES string of the molecule is Cc1ccc(NC(=O)C2CC(=O)Nc3nc(SCc4ccccc4C)[nH]c(=O)c32)cc1Cl. The van der Waals surface area contributed by atoms with Gasteiger partial charge in [0.2, 0.25) is 11.8 Å². The summed E-state index contributed by atoms with van der Waals surface area (Å²) in [6.45, 7) is 3.87. The molecule has 2 heterocycles. The predicted molar refractivity (Wildman–Crippen MR) is 126 cm³/mol. The van der Waals surface area contributed by atoms with Gasteiger partial charge in [-0.25, -0.2) is 4.98 Å². The molecule has 3 N–H and O–H groups in total. The van der Waals surface area contributed by atoms with E-state index in [4.69, 9.17) is 11.6 Å². The minimum Gasteiger partial charge on any atom is -0.325 e. The molecule has 0 saturated heterocycles. The molecule has 1 atom stereocenters. The topological polar surface area (TPSA) is 104 Å². The van der Waals surface area contributed by atoms with E-state index in [1.54, 1.807) is 18.2 Å². The molecule has 9 heteroatoms. The maximum atomic E-state index is 12.9. The molecule has 1 unspecified atom stereocenters. The Balaban J connectivity index is 1.58. The number of carbonyl (C=O) groups excluding carboxylic acids is 2. The number of H-pyrrole nitrogens is 1. The summed E-state index contributed by atoms with van der Waals surface area (Å²) in [6, 6.07) is 13.1. The summed E-state index contributed by atoms with van der Waals surface area (Å²) < 4.78 is 0. The molecule has 1 aliphatic heterocycles. The van der Waals surface area contributed by atoms with Crippen molar-refractivity contribution >= 4 is 46.7 Å². The first-order valence-electron chi connectivity index (χ1n) is 10.00. The van der Waals surface area contributed by atoms with Crippen LogP contribution in [0, 0.1) is 13.8 Å². The number of carbonyl (C=O) groups is 2. The van der Waals surface area contributed by atoms with E-state index in [1.807, 2.05) is 38.1 Å². The van der Waals surface area contributed by atoms with Crippen molar-refractivity contribution < 1.29 is 9.59 Å². The van der Waals surface area contributed by atoms with Crippen molar-refractivity contribution in [1.82, 2.24) is 9.97 Å². The molecule has 0 radical (unpaired) electrons. The lowest BCUT2D eigenvalue weighted by Gasteiger charge is -2.23. The second-order valence-electron chi connectivity index (χ2n) is 7.61. The summed E-state index contributed by atoms with van der Waals surface area (Å²) in [6.07, 6.45) is -0.140. The Morgan fingerprint density at radius 2 is 1.97 bits per heavy atom. The number of aromatic amines is 1. The molecule has 0 saturated carbocycles. The number of thioether (sulfide) groups is 1.